The summed E-state index contributed by atoms with van der Waals surface area (Å²) in [5.74, 6) is 0.168. The van der Waals surface area contributed by atoms with Crippen molar-refractivity contribution in [3.05, 3.63) is 70.8 Å². The Balaban J connectivity index is 2.22. The zero-order valence-corrected chi connectivity index (χ0v) is 11.2. The first-order chi connectivity index (χ1) is 9.59. The number of benzene rings is 2. The summed E-state index contributed by atoms with van der Waals surface area (Å²) in [6, 6.07) is 15.3. The molecule has 0 amide bonds. The molecule has 2 rings (SSSR count). The number of aryl methyl sites for hydroxylation is 2. The van der Waals surface area contributed by atoms with Crippen LogP contribution in [0, 0.1) is 10.8 Å². The molecule has 4 nitrogen and oxygen atoms in total. The number of rotatable bonds is 5. The topological polar surface area (TPSA) is 99.7 Å². The van der Waals surface area contributed by atoms with E-state index < -0.39 is 0 Å². The lowest BCUT2D eigenvalue weighted by atomic mass is 9.96. The summed E-state index contributed by atoms with van der Waals surface area (Å²) < 4.78 is 0. The van der Waals surface area contributed by atoms with Crippen molar-refractivity contribution in [1.82, 2.24) is 0 Å². The number of hydrogen-bond donors (Lipinski definition) is 4. The summed E-state index contributed by atoms with van der Waals surface area (Å²) in [5, 5.41) is 15.2. The molecule has 20 heavy (non-hydrogen) atoms. The van der Waals surface area contributed by atoms with Gasteiger partial charge in [-0.05, 0) is 24.0 Å². The van der Waals surface area contributed by atoms with Gasteiger partial charge >= 0.3 is 0 Å². The molecule has 0 fully saturated rings. The van der Waals surface area contributed by atoms with Gasteiger partial charge in [0.15, 0.2) is 0 Å². The highest BCUT2D eigenvalue weighted by Gasteiger charge is 2.08. The molecule has 2 aromatic rings. The van der Waals surface area contributed by atoms with Gasteiger partial charge in [-0.15, -0.1) is 0 Å². The first kappa shape index (κ1) is 13.8. The van der Waals surface area contributed by atoms with Crippen molar-refractivity contribution in [3.8, 4) is 0 Å². The van der Waals surface area contributed by atoms with E-state index in [-0.39, 0.29) is 11.7 Å². The van der Waals surface area contributed by atoms with Crippen LogP contribution in [0.3, 0.4) is 0 Å². The Morgan fingerprint density at radius 2 is 1.05 bits per heavy atom. The van der Waals surface area contributed by atoms with E-state index >= 15 is 0 Å². The summed E-state index contributed by atoms with van der Waals surface area (Å²) >= 11 is 0. The third kappa shape index (κ3) is 3.03. The van der Waals surface area contributed by atoms with Crippen LogP contribution in [-0.4, -0.2) is 11.7 Å². The smallest absolute Gasteiger partial charge is 0.123 e. The van der Waals surface area contributed by atoms with E-state index in [0.29, 0.717) is 0 Å². The molecule has 0 aliphatic rings. The van der Waals surface area contributed by atoms with E-state index in [0.717, 1.165) is 35.1 Å². The molecule has 0 radical (unpaired) electrons. The van der Waals surface area contributed by atoms with Gasteiger partial charge in [0.2, 0.25) is 0 Å². The van der Waals surface area contributed by atoms with Gasteiger partial charge in [-0.1, -0.05) is 48.5 Å². The Labute approximate surface area is 118 Å². The maximum absolute atomic E-state index is 7.59. The van der Waals surface area contributed by atoms with Crippen LogP contribution in [-0.2, 0) is 12.8 Å². The van der Waals surface area contributed by atoms with E-state index in [4.69, 9.17) is 22.3 Å². The molecule has 6 N–H and O–H groups in total. The highest BCUT2D eigenvalue weighted by atomic mass is 14.7. The minimum absolute atomic E-state index is 0.0838. The maximum atomic E-state index is 7.59. The number of nitrogen functional groups attached to an aromatic ring is 2. The lowest BCUT2D eigenvalue weighted by molar-refractivity contribution is 0.952. The Morgan fingerprint density at radius 3 is 1.40 bits per heavy atom. The molecule has 0 saturated heterocycles. The molecule has 0 spiro atoms. The molecule has 0 aliphatic heterocycles. The van der Waals surface area contributed by atoms with Crippen molar-refractivity contribution in [3.63, 3.8) is 0 Å². The molecule has 102 valence electrons. The van der Waals surface area contributed by atoms with Gasteiger partial charge in [-0.25, -0.2) is 0 Å². The highest BCUT2D eigenvalue weighted by molar-refractivity contribution is 5.97. The Hall–Kier alpha value is -2.62. The molecule has 2 aromatic carbocycles. The predicted octanol–water partition coefficient (Wildman–Crippen LogP) is 2.04. The Morgan fingerprint density at radius 1 is 0.700 bits per heavy atom. The van der Waals surface area contributed by atoms with Crippen LogP contribution in [0.5, 0.6) is 0 Å². The van der Waals surface area contributed by atoms with E-state index in [1.807, 2.05) is 48.5 Å². The highest BCUT2D eigenvalue weighted by Crippen LogP contribution is 2.15. The number of nitrogens with one attached hydrogen (secondary N) is 2. The van der Waals surface area contributed by atoms with Gasteiger partial charge in [-0.2, -0.15) is 0 Å². The first-order valence-electron chi connectivity index (χ1n) is 6.44. The summed E-state index contributed by atoms with van der Waals surface area (Å²) in [6.45, 7) is 0. The van der Waals surface area contributed by atoms with E-state index in [1.165, 1.54) is 0 Å². The van der Waals surface area contributed by atoms with Crippen LogP contribution in [0.15, 0.2) is 48.5 Å². The van der Waals surface area contributed by atoms with E-state index in [9.17, 15) is 0 Å². The van der Waals surface area contributed by atoms with Crippen LogP contribution < -0.4 is 11.5 Å². The van der Waals surface area contributed by atoms with Crippen molar-refractivity contribution in [2.75, 3.05) is 0 Å². The summed E-state index contributed by atoms with van der Waals surface area (Å²) in [6.07, 6.45) is 1.53. The van der Waals surface area contributed by atoms with Gasteiger partial charge in [0.1, 0.15) is 11.7 Å². The fourth-order valence-electron chi connectivity index (χ4n) is 2.27. The lowest BCUT2D eigenvalue weighted by Gasteiger charge is -2.10. The summed E-state index contributed by atoms with van der Waals surface area (Å²) in [5.41, 5.74) is 14.8. The second-order valence-electron chi connectivity index (χ2n) is 4.64. The van der Waals surface area contributed by atoms with Crippen molar-refractivity contribution < 1.29 is 0 Å². The third-order valence-electron chi connectivity index (χ3n) is 3.28. The van der Waals surface area contributed by atoms with Crippen molar-refractivity contribution in [2.45, 2.75) is 12.8 Å². The van der Waals surface area contributed by atoms with Crippen molar-refractivity contribution >= 4 is 11.7 Å². The summed E-state index contributed by atoms with van der Waals surface area (Å²) in [4.78, 5) is 0. The average molecular weight is 266 g/mol. The molecule has 0 aliphatic carbocycles. The normalized spacial score (nSPS) is 10.2. The molecule has 0 unspecified atom stereocenters. The van der Waals surface area contributed by atoms with Crippen molar-refractivity contribution in [1.29, 1.82) is 10.8 Å². The van der Waals surface area contributed by atoms with Gasteiger partial charge in [-0.3, -0.25) is 10.8 Å². The minimum Gasteiger partial charge on any atom is -0.384 e. The van der Waals surface area contributed by atoms with Gasteiger partial charge in [0.05, 0.1) is 0 Å². The fraction of sp³-hybridized carbons (Fsp3) is 0.125. The van der Waals surface area contributed by atoms with Gasteiger partial charge < -0.3 is 11.5 Å². The van der Waals surface area contributed by atoms with Crippen LogP contribution in [0.4, 0.5) is 0 Å². The number of amidine groups is 2. The predicted molar refractivity (Wildman–Crippen MR) is 82.3 cm³/mol. The quantitative estimate of drug-likeness (QED) is 0.492. The largest absolute Gasteiger partial charge is 0.384 e. The van der Waals surface area contributed by atoms with Gasteiger partial charge in [0, 0.05) is 11.1 Å². The molecule has 0 saturated carbocycles. The molecule has 0 atom stereocenters. The monoisotopic (exact) mass is 266 g/mol. The molecular weight excluding hydrogens is 248 g/mol. The van der Waals surface area contributed by atoms with E-state index in [1.54, 1.807) is 0 Å². The standard InChI is InChI=1S/C16H18N4/c17-15(18)13-7-3-1-5-11(13)9-10-12-6-2-4-8-14(12)16(19)20/h1-8H,9-10H2,(H3,17,18)(H3,19,20). The molecule has 0 bridgehead atoms. The number of hydrogen-bond acceptors (Lipinski definition) is 2. The fourth-order valence-corrected chi connectivity index (χ4v) is 2.27. The molecule has 0 aromatic heterocycles. The van der Waals surface area contributed by atoms with Crippen molar-refractivity contribution in [2.24, 2.45) is 11.5 Å². The minimum atomic E-state index is 0.0838. The second-order valence-corrected chi connectivity index (χ2v) is 4.64. The zero-order valence-electron chi connectivity index (χ0n) is 11.2. The maximum Gasteiger partial charge on any atom is 0.123 e. The summed E-state index contributed by atoms with van der Waals surface area (Å²) in [7, 11) is 0. The first-order valence-corrected chi connectivity index (χ1v) is 6.44. The van der Waals surface area contributed by atoms with Gasteiger partial charge in [0.25, 0.3) is 0 Å². The van der Waals surface area contributed by atoms with E-state index in [2.05, 4.69) is 0 Å². The Kier molecular flexibility index (Phi) is 4.15. The second kappa shape index (κ2) is 6.02. The van der Waals surface area contributed by atoms with Crippen LogP contribution in [0.1, 0.15) is 22.3 Å². The third-order valence-corrected chi connectivity index (χ3v) is 3.28. The average Bonchev–Trinajstić information content (AvgIpc) is 2.45. The molecular formula is C16H18N4. The molecule has 4 heteroatoms. The van der Waals surface area contributed by atoms with Crippen LogP contribution >= 0.6 is 0 Å². The van der Waals surface area contributed by atoms with Crippen LogP contribution in [0.2, 0.25) is 0 Å². The van der Waals surface area contributed by atoms with Crippen LogP contribution in [0.25, 0.3) is 0 Å². The molecule has 0 heterocycles. The SMILES string of the molecule is N=C(N)c1ccccc1CCc1ccccc1C(=N)N. The zero-order chi connectivity index (χ0) is 14.5. The number of nitrogens with two attached hydrogens (primary N) is 2. The Bertz CT molecular complexity index is 589. The lowest BCUT2D eigenvalue weighted by Crippen LogP contribution is -2.16.